The van der Waals surface area contributed by atoms with Crippen LogP contribution in [0.2, 0.25) is 0 Å². The molecule has 1 unspecified atom stereocenters. The third kappa shape index (κ3) is 5.70. The molecule has 1 N–H and O–H groups in total. The first-order valence-electron chi connectivity index (χ1n) is 14.9. The van der Waals surface area contributed by atoms with Crippen LogP contribution in [0.15, 0.2) is 48.8 Å². The molecule has 4 aromatic rings. The highest BCUT2D eigenvalue weighted by Crippen LogP contribution is 2.36. The SMILES string of the molecule is Cc1ccc(C(=O)Nc2cc(N3CCC(N4CCCCC4)C3)cc(C(F)(F)F)c2)cc1-n1cc(-c2cnn(C)c2C)n1C. The zero-order valence-corrected chi connectivity index (χ0v) is 25.1. The average molecular weight is 594 g/mol. The largest absolute Gasteiger partial charge is 0.416 e. The molecular weight excluding hydrogens is 555 g/mol. The van der Waals surface area contributed by atoms with Crippen molar-refractivity contribution in [1.29, 1.82) is 0 Å². The highest BCUT2D eigenvalue weighted by Gasteiger charge is 2.34. The summed E-state index contributed by atoms with van der Waals surface area (Å²) < 4.78 is 47.6. The number of aryl methyl sites for hydroxylation is 2. The number of hydrogen-bond donors (Lipinski definition) is 1. The number of likely N-dealkylation sites (tertiary alicyclic amines) is 1. The Labute approximate surface area is 249 Å². The van der Waals surface area contributed by atoms with Crippen LogP contribution in [0.5, 0.6) is 0 Å². The maximum absolute atomic E-state index is 14.0. The number of hydrogen-bond acceptors (Lipinski definition) is 4. The van der Waals surface area contributed by atoms with Crippen LogP contribution in [0.25, 0.3) is 16.9 Å². The molecule has 0 spiro atoms. The Morgan fingerprint density at radius 2 is 1.77 bits per heavy atom. The standard InChI is InChI=1S/C32H38F3N7O/c1-21-8-9-23(14-29(21)42-20-30(39(42)4)28-18-36-38(3)22(28)2)31(43)37-25-15-24(32(33,34)35)16-27(17-25)41-13-10-26(19-41)40-11-6-5-7-12-40/h8-9,14-18,20,26H,5-7,10-13,19H2,1-4H3,(H,37,43). The summed E-state index contributed by atoms with van der Waals surface area (Å²) >= 11 is 0. The Balaban J connectivity index is 1.23. The average Bonchev–Trinajstić information content (AvgIpc) is 3.60. The minimum absolute atomic E-state index is 0.133. The molecule has 8 nitrogen and oxygen atoms in total. The second-order valence-corrected chi connectivity index (χ2v) is 11.9. The van der Waals surface area contributed by atoms with E-state index in [0.29, 0.717) is 30.4 Å². The number of piperidine rings is 1. The highest BCUT2D eigenvalue weighted by molar-refractivity contribution is 6.05. The van der Waals surface area contributed by atoms with Crippen LogP contribution in [0.1, 0.15) is 52.9 Å². The molecule has 11 heteroatoms. The molecule has 2 aromatic carbocycles. The summed E-state index contributed by atoms with van der Waals surface area (Å²) in [5, 5.41) is 7.08. The molecule has 2 aromatic heterocycles. The van der Waals surface area contributed by atoms with Gasteiger partial charge in [-0.2, -0.15) is 18.3 Å². The quantitative estimate of drug-likeness (QED) is 0.291. The van der Waals surface area contributed by atoms with E-state index in [1.165, 1.54) is 25.3 Å². The Morgan fingerprint density at radius 1 is 1.00 bits per heavy atom. The van der Waals surface area contributed by atoms with Gasteiger partial charge in [0.25, 0.3) is 5.91 Å². The van der Waals surface area contributed by atoms with Crippen LogP contribution in [-0.4, -0.2) is 62.2 Å². The number of nitrogens with zero attached hydrogens (tertiary/aromatic N) is 6. The smallest absolute Gasteiger partial charge is 0.370 e. The molecule has 0 saturated carbocycles. The normalized spacial score (nSPS) is 18.0. The minimum atomic E-state index is -4.53. The first-order valence-corrected chi connectivity index (χ1v) is 14.9. The van der Waals surface area contributed by atoms with Crippen molar-refractivity contribution in [3.05, 3.63) is 71.2 Å². The molecule has 1 atom stereocenters. The van der Waals surface area contributed by atoms with E-state index in [4.69, 9.17) is 0 Å². The van der Waals surface area contributed by atoms with Crippen molar-refractivity contribution < 1.29 is 18.0 Å². The minimum Gasteiger partial charge on any atom is -0.370 e. The lowest BCUT2D eigenvalue weighted by Gasteiger charge is -2.32. The van der Waals surface area contributed by atoms with Crippen molar-refractivity contribution >= 4 is 17.3 Å². The maximum atomic E-state index is 14.0. The fourth-order valence-electron chi connectivity index (χ4n) is 6.36. The van der Waals surface area contributed by atoms with Crippen LogP contribution in [0.3, 0.4) is 0 Å². The second-order valence-electron chi connectivity index (χ2n) is 11.9. The zero-order chi connectivity index (χ0) is 30.5. The van der Waals surface area contributed by atoms with Gasteiger partial charge in [0, 0.05) is 61.4 Å². The Morgan fingerprint density at radius 3 is 2.44 bits per heavy atom. The molecule has 2 saturated heterocycles. The molecule has 0 radical (unpaired) electrons. The van der Waals surface area contributed by atoms with Gasteiger partial charge in [-0.25, -0.2) is 0 Å². The zero-order valence-electron chi connectivity index (χ0n) is 25.1. The number of benzene rings is 2. The van der Waals surface area contributed by atoms with Crippen molar-refractivity contribution in [3.8, 4) is 16.9 Å². The lowest BCUT2D eigenvalue weighted by atomic mass is 10.1. The summed E-state index contributed by atoms with van der Waals surface area (Å²) in [6.07, 6.45) is 3.79. The molecule has 2 aliphatic rings. The lowest BCUT2D eigenvalue weighted by Crippen LogP contribution is -2.40. The first-order chi connectivity index (χ1) is 20.5. The third-order valence-electron chi connectivity index (χ3n) is 9.08. The molecular formula is C32H38F3N7O. The van der Waals surface area contributed by atoms with Gasteiger partial charge in [-0.3, -0.25) is 23.7 Å². The molecule has 228 valence electrons. The number of nitrogens with one attached hydrogen (secondary N) is 1. The van der Waals surface area contributed by atoms with E-state index in [1.54, 1.807) is 18.2 Å². The molecule has 6 rings (SSSR count). The van der Waals surface area contributed by atoms with Crippen LogP contribution >= 0.6 is 0 Å². The summed E-state index contributed by atoms with van der Waals surface area (Å²) in [7, 11) is 3.83. The number of carbonyl (C=O) groups is 1. The summed E-state index contributed by atoms with van der Waals surface area (Å²) in [5.41, 5.74) is 5.04. The van der Waals surface area contributed by atoms with Gasteiger partial charge < -0.3 is 10.2 Å². The number of aromatic nitrogens is 4. The van der Waals surface area contributed by atoms with Crippen LogP contribution < -0.4 is 10.2 Å². The number of amides is 1. The predicted octanol–water partition coefficient (Wildman–Crippen LogP) is 6.17. The molecule has 0 bridgehead atoms. The van der Waals surface area contributed by atoms with Gasteiger partial charge >= 0.3 is 6.18 Å². The van der Waals surface area contributed by atoms with Gasteiger partial charge in [0.15, 0.2) is 0 Å². The van der Waals surface area contributed by atoms with Crippen molar-refractivity contribution in [2.75, 3.05) is 36.4 Å². The lowest BCUT2D eigenvalue weighted by molar-refractivity contribution is -0.137. The van der Waals surface area contributed by atoms with Crippen molar-refractivity contribution in [3.63, 3.8) is 0 Å². The van der Waals surface area contributed by atoms with Crippen molar-refractivity contribution in [1.82, 2.24) is 24.0 Å². The molecule has 0 aliphatic carbocycles. The molecule has 1 amide bonds. The summed E-state index contributed by atoms with van der Waals surface area (Å²) in [5.74, 6) is -0.463. The first kappa shape index (κ1) is 29.1. The van der Waals surface area contributed by atoms with Gasteiger partial charge in [-0.1, -0.05) is 12.5 Å². The predicted molar refractivity (Wildman–Crippen MR) is 162 cm³/mol. The summed E-state index contributed by atoms with van der Waals surface area (Å²) in [4.78, 5) is 17.9. The number of anilines is 2. The van der Waals surface area contributed by atoms with E-state index in [2.05, 4.69) is 15.3 Å². The van der Waals surface area contributed by atoms with Gasteiger partial charge in [-0.15, -0.1) is 0 Å². The van der Waals surface area contributed by atoms with Gasteiger partial charge in [0.05, 0.1) is 29.3 Å². The second kappa shape index (κ2) is 11.3. The van der Waals surface area contributed by atoms with E-state index >= 15 is 0 Å². The highest BCUT2D eigenvalue weighted by atomic mass is 19.4. The van der Waals surface area contributed by atoms with E-state index in [0.717, 1.165) is 53.8 Å². The summed E-state index contributed by atoms with van der Waals surface area (Å²) in [6.45, 7) is 7.44. The fourth-order valence-corrected chi connectivity index (χ4v) is 6.36. The molecule has 2 fully saturated rings. The molecule has 4 heterocycles. The number of halogens is 3. The summed E-state index contributed by atoms with van der Waals surface area (Å²) in [6, 6.07) is 9.53. The fraction of sp³-hybridized carbons (Fsp3) is 0.438. The topological polar surface area (TPSA) is 63.3 Å². The maximum Gasteiger partial charge on any atom is 0.416 e. The number of carbonyl (C=O) groups excluding carboxylic acids is 1. The monoisotopic (exact) mass is 593 g/mol. The molecule has 2 aliphatic heterocycles. The van der Waals surface area contributed by atoms with E-state index in [-0.39, 0.29) is 5.69 Å². The van der Waals surface area contributed by atoms with Crippen molar-refractivity contribution in [2.45, 2.75) is 51.7 Å². The van der Waals surface area contributed by atoms with Gasteiger partial charge in [-0.05, 0) is 82.1 Å². The van der Waals surface area contributed by atoms with Crippen LogP contribution in [-0.2, 0) is 20.3 Å². The van der Waals surface area contributed by atoms with Crippen LogP contribution in [0, 0.1) is 13.8 Å². The van der Waals surface area contributed by atoms with E-state index < -0.39 is 17.6 Å². The Hall–Kier alpha value is -3.99. The molecule has 43 heavy (non-hydrogen) atoms. The number of alkyl halides is 3. The third-order valence-corrected chi connectivity index (χ3v) is 9.08. The van der Waals surface area contributed by atoms with E-state index in [1.807, 2.05) is 65.3 Å². The van der Waals surface area contributed by atoms with Gasteiger partial charge in [0.1, 0.15) is 0 Å². The Kier molecular flexibility index (Phi) is 7.62. The van der Waals surface area contributed by atoms with Gasteiger partial charge in [0.2, 0.25) is 0 Å². The Bertz CT molecular complexity index is 1640. The van der Waals surface area contributed by atoms with Crippen LogP contribution in [0.4, 0.5) is 24.5 Å². The van der Waals surface area contributed by atoms with E-state index in [9.17, 15) is 18.0 Å². The number of rotatable bonds is 6. The van der Waals surface area contributed by atoms with Crippen molar-refractivity contribution in [2.24, 2.45) is 14.1 Å².